The molecule has 0 aromatic heterocycles. The van der Waals surface area contributed by atoms with E-state index in [-0.39, 0.29) is 10.7 Å². The largest absolute Gasteiger partial charge is 0.288 e. The van der Waals surface area contributed by atoms with Crippen molar-refractivity contribution in [3.63, 3.8) is 0 Å². The Balaban J connectivity index is 2.12. The summed E-state index contributed by atoms with van der Waals surface area (Å²) >= 11 is 7.43. The van der Waals surface area contributed by atoms with E-state index in [4.69, 9.17) is 11.6 Å². The molecule has 98 valence electrons. The van der Waals surface area contributed by atoms with Crippen LogP contribution in [-0.2, 0) is 5.75 Å². The summed E-state index contributed by atoms with van der Waals surface area (Å²) in [5, 5.41) is 11.0. The van der Waals surface area contributed by atoms with Gasteiger partial charge in [-0.1, -0.05) is 35.4 Å². The molecular formula is C14H12ClNO2S. The minimum Gasteiger partial charge on any atom is -0.258 e. The molecule has 0 N–H and O–H groups in total. The number of thioether (sulfide) groups is 1. The minimum atomic E-state index is -0.455. The third kappa shape index (κ3) is 3.72. The number of nitro benzene ring substituents is 1. The number of hydrogen-bond acceptors (Lipinski definition) is 3. The first kappa shape index (κ1) is 13.9. The molecule has 0 spiro atoms. The molecule has 0 heterocycles. The minimum absolute atomic E-state index is 0.0380. The van der Waals surface area contributed by atoms with Crippen molar-refractivity contribution < 1.29 is 4.92 Å². The van der Waals surface area contributed by atoms with Gasteiger partial charge in [-0.25, -0.2) is 0 Å². The molecular weight excluding hydrogens is 282 g/mol. The molecule has 0 fully saturated rings. The number of aryl methyl sites for hydroxylation is 1. The van der Waals surface area contributed by atoms with Crippen LogP contribution in [0.5, 0.6) is 0 Å². The summed E-state index contributed by atoms with van der Waals surface area (Å²) in [4.78, 5) is 11.5. The molecule has 0 saturated heterocycles. The molecule has 0 unspecified atom stereocenters. The summed E-state index contributed by atoms with van der Waals surface area (Å²) in [6.07, 6.45) is 0. The van der Waals surface area contributed by atoms with Gasteiger partial charge in [-0.05, 0) is 30.7 Å². The zero-order chi connectivity index (χ0) is 13.8. The van der Waals surface area contributed by atoms with Crippen LogP contribution in [0.4, 0.5) is 5.69 Å². The molecule has 0 saturated carbocycles. The van der Waals surface area contributed by atoms with Gasteiger partial charge in [-0.2, -0.15) is 0 Å². The fourth-order valence-electron chi connectivity index (χ4n) is 1.66. The van der Waals surface area contributed by atoms with Crippen LogP contribution in [0.2, 0.25) is 5.02 Å². The van der Waals surface area contributed by atoms with E-state index in [0.29, 0.717) is 5.75 Å². The summed E-state index contributed by atoms with van der Waals surface area (Å²) in [5.74, 6) is 0.682. The van der Waals surface area contributed by atoms with Crippen LogP contribution < -0.4 is 0 Å². The van der Waals surface area contributed by atoms with E-state index in [1.807, 2.05) is 31.2 Å². The van der Waals surface area contributed by atoms with E-state index in [2.05, 4.69) is 6.07 Å². The molecule has 0 amide bonds. The van der Waals surface area contributed by atoms with Crippen LogP contribution >= 0.6 is 23.4 Å². The third-order valence-electron chi connectivity index (χ3n) is 2.60. The topological polar surface area (TPSA) is 43.1 Å². The van der Waals surface area contributed by atoms with E-state index in [1.165, 1.54) is 11.6 Å². The van der Waals surface area contributed by atoms with Crippen molar-refractivity contribution in [2.45, 2.75) is 17.6 Å². The van der Waals surface area contributed by atoms with Crippen LogP contribution in [0.25, 0.3) is 0 Å². The van der Waals surface area contributed by atoms with E-state index in [0.717, 1.165) is 10.5 Å². The summed E-state index contributed by atoms with van der Waals surface area (Å²) in [6.45, 7) is 2.04. The molecule has 5 heteroatoms. The molecule has 0 aliphatic heterocycles. The second kappa shape index (κ2) is 6.08. The molecule has 0 aliphatic carbocycles. The van der Waals surface area contributed by atoms with Gasteiger partial charge < -0.3 is 0 Å². The van der Waals surface area contributed by atoms with Crippen molar-refractivity contribution >= 4 is 29.1 Å². The van der Waals surface area contributed by atoms with Gasteiger partial charge >= 0.3 is 0 Å². The zero-order valence-corrected chi connectivity index (χ0v) is 11.9. The highest BCUT2D eigenvalue weighted by Crippen LogP contribution is 2.29. The lowest BCUT2D eigenvalue weighted by molar-refractivity contribution is -0.384. The Morgan fingerprint density at radius 3 is 2.74 bits per heavy atom. The van der Waals surface area contributed by atoms with Gasteiger partial charge in [0.25, 0.3) is 5.69 Å². The fourth-order valence-corrected chi connectivity index (χ4v) is 2.80. The number of nitro groups is 1. The van der Waals surface area contributed by atoms with Gasteiger partial charge in [0.1, 0.15) is 5.02 Å². The standard InChI is InChI=1S/C14H12ClNO2S/c1-10-3-2-4-12(7-10)19-9-11-5-6-13(15)14(8-11)16(17)18/h2-8H,9H2,1H3. The number of rotatable bonds is 4. The number of nitrogens with zero attached hydrogens (tertiary/aromatic N) is 1. The average molecular weight is 294 g/mol. The first-order valence-corrected chi connectivity index (χ1v) is 7.05. The van der Waals surface area contributed by atoms with E-state index >= 15 is 0 Å². The Hall–Kier alpha value is -1.52. The molecule has 19 heavy (non-hydrogen) atoms. The van der Waals surface area contributed by atoms with Gasteiger partial charge in [0, 0.05) is 16.7 Å². The monoisotopic (exact) mass is 293 g/mol. The molecule has 3 nitrogen and oxygen atoms in total. The normalized spacial score (nSPS) is 10.4. The van der Waals surface area contributed by atoms with Gasteiger partial charge in [0.15, 0.2) is 0 Å². The van der Waals surface area contributed by atoms with Crippen molar-refractivity contribution in [1.29, 1.82) is 0 Å². The van der Waals surface area contributed by atoms with Crippen LogP contribution in [0.1, 0.15) is 11.1 Å². The SMILES string of the molecule is Cc1cccc(SCc2ccc(Cl)c([N+](=O)[O-])c2)c1. The zero-order valence-electron chi connectivity index (χ0n) is 10.3. The summed E-state index contributed by atoms with van der Waals surface area (Å²) in [7, 11) is 0. The third-order valence-corrected chi connectivity index (χ3v) is 3.99. The Labute approximate surface area is 120 Å². The second-order valence-corrected chi connectivity index (χ2v) is 5.60. The quantitative estimate of drug-likeness (QED) is 0.460. The van der Waals surface area contributed by atoms with Gasteiger partial charge in [-0.3, -0.25) is 10.1 Å². The lowest BCUT2D eigenvalue weighted by Gasteiger charge is -2.04. The average Bonchev–Trinajstić information content (AvgIpc) is 2.37. The Bertz CT molecular complexity index is 616. The van der Waals surface area contributed by atoms with E-state index in [1.54, 1.807) is 17.8 Å². The molecule has 2 rings (SSSR count). The first-order valence-electron chi connectivity index (χ1n) is 5.68. The maximum Gasteiger partial charge on any atom is 0.288 e. The van der Waals surface area contributed by atoms with Gasteiger partial charge in [0.05, 0.1) is 4.92 Å². The maximum absolute atomic E-state index is 10.8. The van der Waals surface area contributed by atoms with E-state index in [9.17, 15) is 10.1 Å². The maximum atomic E-state index is 10.8. The molecule has 0 radical (unpaired) electrons. The Morgan fingerprint density at radius 2 is 2.05 bits per heavy atom. The number of halogens is 1. The highest BCUT2D eigenvalue weighted by atomic mass is 35.5. The van der Waals surface area contributed by atoms with Crippen molar-refractivity contribution in [3.05, 3.63) is 68.7 Å². The van der Waals surface area contributed by atoms with Crippen LogP contribution in [-0.4, -0.2) is 4.92 Å². The molecule has 0 atom stereocenters. The van der Waals surface area contributed by atoms with Crippen molar-refractivity contribution in [2.75, 3.05) is 0 Å². The lowest BCUT2D eigenvalue weighted by atomic mass is 10.2. The fraction of sp³-hybridized carbons (Fsp3) is 0.143. The Morgan fingerprint density at radius 1 is 1.26 bits per heavy atom. The van der Waals surface area contributed by atoms with Gasteiger partial charge in [0.2, 0.25) is 0 Å². The van der Waals surface area contributed by atoms with Crippen LogP contribution in [0, 0.1) is 17.0 Å². The van der Waals surface area contributed by atoms with Crippen molar-refractivity contribution in [1.82, 2.24) is 0 Å². The number of hydrogen-bond donors (Lipinski definition) is 0. The highest BCUT2D eigenvalue weighted by molar-refractivity contribution is 7.98. The molecule has 2 aromatic carbocycles. The predicted molar refractivity (Wildman–Crippen MR) is 78.8 cm³/mol. The van der Waals surface area contributed by atoms with E-state index < -0.39 is 4.92 Å². The van der Waals surface area contributed by atoms with Crippen molar-refractivity contribution in [3.8, 4) is 0 Å². The van der Waals surface area contributed by atoms with Gasteiger partial charge in [-0.15, -0.1) is 11.8 Å². The number of benzene rings is 2. The predicted octanol–water partition coefficient (Wildman–Crippen LogP) is 4.85. The summed E-state index contributed by atoms with van der Waals surface area (Å²) in [5.41, 5.74) is 2.05. The first-order chi connectivity index (χ1) is 9.06. The highest BCUT2D eigenvalue weighted by Gasteiger charge is 2.12. The molecule has 0 bridgehead atoms. The Kier molecular flexibility index (Phi) is 4.45. The summed E-state index contributed by atoms with van der Waals surface area (Å²) < 4.78 is 0. The lowest BCUT2D eigenvalue weighted by Crippen LogP contribution is -1.91. The molecule has 2 aromatic rings. The van der Waals surface area contributed by atoms with Crippen LogP contribution in [0.3, 0.4) is 0 Å². The second-order valence-electron chi connectivity index (χ2n) is 4.15. The van der Waals surface area contributed by atoms with Crippen molar-refractivity contribution in [2.24, 2.45) is 0 Å². The van der Waals surface area contributed by atoms with Crippen LogP contribution in [0.15, 0.2) is 47.4 Å². The molecule has 0 aliphatic rings. The smallest absolute Gasteiger partial charge is 0.258 e. The summed E-state index contributed by atoms with van der Waals surface area (Å²) in [6, 6.07) is 13.1.